The van der Waals surface area contributed by atoms with Gasteiger partial charge in [0.2, 0.25) is 0 Å². The predicted octanol–water partition coefficient (Wildman–Crippen LogP) is 2.92. The van der Waals surface area contributed by atoms with Crippen LogP contribution in [0.1, 0.15) is 30.6 Å². The molecule has 0 aliphatic rings. The minimum absolute atomic E-state index is 0.0172. The molecule has 0 bridgehead atoms. The molecule has 3 nitrogen and oxygen atoms in total. The molecule has 0 radical (unpaired) electrons. The number of nitrogens with zero attached hydrogens (tertiary/aromatic N) is 1. The van der Waals surface area contributed by atoms with E-state index >= 15 is 0 Å². The number of hydrogen-bond donors (Lipinski definition) is 1. The van der Waals surface area contributed by atoms with Crippen LogP contribution in [0.15, 0.2) is 5.38 Å². The summed E-state index contributed by atoms with van der Waals surface area (Å²) in [6.07, 6.45) is -3.89. The van der Waals surface area contributed by atoms with Gasteiger partial charge < -0.3 is 10.5 Å². The molecule has 0 amide bonds. The first-order chi connectivity index (χ1) is 8.29. The minimum Gasteiger partial charge on any atom is -0.372 e. The average molecular weight is 282 g/mol. The Morgan fingerprint density at radius 1 is 1.44 bits per heavy atom. The Balaban J connectivity index is 2.36. The maximum absolute atomic E-state index is 11.8. The van der Waals surface area contributed by atoms with Crippen molar-refractivity contribution in [3.8, 4) is 0 Å². The molecule has 0 fully saturated rings. The maximum Gasteiger partial charge on any atom is 0.411 e. The van der Waals surface area contributed by atoms with Gasteiger partial charge in [0, 0.05) is 11.8 Å². The summed E-state index contributed by atoms with van der Waals surface area (Å²) < 4.78 is 40.0. The van der Waals surface area contributed by atoms with Crippen molar-refractivity contribution in [2.45, 2.75) is 32.5 Å². The van der Waals surface area contributed by atoms with Crippen LogP contribution in [0.4, 0.5) is 13.2 Å². The van der Waals surface area contributed by atoms with Gasteiger partial charge in [0.05, 0.1) is 23.4 Å². The summed E-state index contributed by atoms with van der Waals surface area (Å²) in [5, 5.41) is 2.60. The third kappa shape index (κ3) is 5.32. The van der Waals surface area contributed by atoms with Crippen molar-refractivity contribution in [2.75, 3.05) is 13.2 Å². The van der Waals surface area contributed by atoms with Crippen molar-refractivity contribution in [3.05, 3.63) is 16.1 Å². The molecule has 1 rings (SSSR count). The topological polar surface area (TPSA) is 48.1 Å². The van der Waals surface area contributed by atoms with Crippen LogP contribution in [-0.4, -0.2) is 24.4 Å². The smallest absolute Gasteiger partial charge is 0.372 e. The van der Waals surface area contributed by atoms with E-state index in [9.17, 15) is 13.2 Å². The van der Waals surface area contributed by atoms with Gasteiger partial charge in [-0.1, -0.05) is 13.8 Å². The second-order valence-corrected chi connectivity index (χ2v) is 5.30. The molecule has 0 aromatic carbocycles. The van der Waals surface area contributed by atoms with Gasteiger partial charge in [-0.15, -0.1) is 11.3 Å². The highest BCUT2D eigenvalue weighted by molar-refractivity contribution is 7.09. The van der Waals surface area contributed by atoms with Crippen LogP contribution >= 0.6 is 11.3 Å². The van der Waals surface area contributed by atoms with E-state index in [1.807, 2.05) is 19.2 Å². The van der Waals surface area contributed by atoms with Crippen LogP contribution in [-0.2, 0) is 11.2 Å². The Morgan fingerprint density at radius 2 is 2.11 bits per heavy atom. The van der Waals surface area contributed by atoms with Crippen molar-refractivity contribution in [3.63, 3.8) is 0 Å². The molecule has 0 saturated carbocycles. The van der Waals surface area contributed by atoms with Crippen molar-refractivity contribution >= 4 is 11.3 Å². The molecule has 1 atom stereocenters. The molecular formula is C11H17F3N2OS. The van der Waals surface area contributed by atoms with Gasteiger partial charge in [-0.05, 0) is 5.92 Å². The van der Waals surface area contributed by atoms with Crippen LogP contribution < -0.4 is 5.73 Å². The number of alkyl halides is 3. The molecule has 0 saturated heterocycles. The number of rotatable bonds is 6. The largest absolute Gasteiger partial charge is 0.411 e. The highest BCUT2D eigenvalue weighted by atomic mass is 32.1. The summed E-state index contributed by atoms with van der Waals surface area (Å²) >= 11 is 1.40. The van der Waals surface area contributed by atoms with Crippen LogP contribution in [0.3, 0.4) is 0 Å². The Morgan fingerprint density at radius 3 is 2.67 bits per heavy atom. The molecule has 2 N–H and O–H groups in total. The zero-order valence-electron chi connectivity index (χ0n) is 10.3. The fraction of sp³-hybridized carbons (Fsp3) is 0.727. The van der Waals surface area contributed by atoms with Gasteiger partial charge in [-0.25, -0.2) is 4.98 Å². The Hall–Kier alpha value is -0.660. The van der Waals surface area contributed by atoms with Gasteiger partial charge in [0.15, 0.2) is 0 Å². The third-order valence-corrected chi connectivity index (χ3v) is 3.28. The summed E-state index contributed by atoms with van der Waals surface area (Å²) in [7, 11) is 0. The summed E-state index contributed by atoms with van der Waals surface area (Å²) in [5.74, 6) is 0.279. The van der Waals surface area contributed by atoms with E-state index in [0.29, 0.717) is 6.42 Å². The first-order valence-electron chi connectivity index (χ1n) is 5.64. The lowest BCUT2D eigenvalue weighted by Crippen LogP contribution is -2.18. The highest BCUT2D eigenvalue weighted by Crippen LogP contribution is 2.21. The van der Waals surface area contributed by atoms with Gasteiger partial charge in [-0.2, -0.15) is 13.2 Å². The number of nitrogens with two attached hydrogens (primary N) is 1. The fourth-order valence-electron chi connectivity index (χ4n) is 1.28. The number of aromatic nitrogens is 1. The highest BCUT2D eigenvalue weighted by Gasteiger charge is 2.27. The zero-order chi connectivity index (χ0) is 13.8. The molecule has 18 heavy (non-hydrogen) atoms. The fourth-order valence-corrected chi connectivity index (χ4v) is 2.11. The van der Waals surface area contributed by atoms with Crippen LogP contribution in [0, 0.1) is 5.92 Å². The number of ether oxygens (including phenoxy) is 1. The molecule has 1 unspecified atom stereocenters. The van der Waals surface area contributed by atoms with Crippen molar-refractivity contribution in [1.29, 1.82) is 0 Å². The van der Waals surface area contributed by atoms with E-state index in [2.05, 4.69) is 9.72 Å². The standard InChI is InChI=1S/C11H17F3N2OS/c1-7(2)10(15)8-5-18-9(16-8)3-4-17-6-11(12,13)14/h5,7,10H,3-4,6,15H2,1-2H3. The van der Waals surface area contributed by atoms with E-state index in [1.54, 1.807) is 0 Å². The minimum atomic E-state index is -4.27. The van der Waals surface area contributed by atoms with Gasteiger partial charge in [-0.3, -0.25) is 0 Å². The molecule has 0 aliphatic carbocycles. The van der Waals surface area contributed by atoms with Crippen LogP contribution in [0.2, 0.25) is 0 Å². The number of hydrogen-bond acceptors (Lipinski definition) is 4. The molecule has 1 aromatic rings. The summed E-state index contributed by atoms with van der Waals surface area (Å²) in [6, 6.07) is -0.133. The molecule has 0 aliphatic heterocycles. The van der Waals surface area contributed by atoms with Gasteiger partial charge in [0.1, 0.15) is 6.61 Å². The van der Waals surface area contributed by atoms with E-state index in [-0.39, 0.29) is 18.6 Å². The van der Waals surface area contributed by atoms with Crippen molar-refractivity contribution < 1.29 is 17.9 Å². The lowest BCUT2D eigenvalue weighted by atomic mass is 10.0. The van der Waals surface area contributed by atoms with E-state index in [1.165, 1.54) is 11.3 Å². The molecular weight excluding hydrogens is 265 g/mol. The Bertz CT molecular complexity index is 365. The first kappa shape index (κ1) is 15.4. The monoisotopic (exact) mass is 282 g/mol. The second kappa shape index (κ2) is 6.49. The number of halogens is 3. The molecule has 1 aromatic heterocycles. The molecule has 1 heterocycles. The van der Waals surface area contributed by atoms with Gasteiger partial charge >= 0.3 is 6.18 Å². The van der Waals surface area contributed by atoms with E-state index in [0.717, 1.165) is 10.7 Å². The SMILES string of the molecule is CC(C)C(N)c1csc(CCOCC(F)(F)F)n1. The Labute approximate surface area is 108 Å². The van der Waals surface area contributed by atoms with E-state index in [4.69, 9.17) is 5.73 Å². The van der Waals surface area contributed by atoms with Crippen molar-refractivity contribution in [1.82, 2.24) is 4.98 Å². The molecule has 104 valence electrons. The normalized spacial score (nSPS) is 14.2. The summed E-state index contributed by atoms with van der Waals surface area (Å²) in [5.41, 5.74) is 6.72. The maximum atomic E-state index is 11.8. The second-order valence-electron chi connectivity index (χ2n) is 4.35. The van der Waals surface area contributed by atoms with E-state index < -0.39 is 12.8 Å². The quantitative estimate of drug-likeness (QED) is 0.816. The van der Waals surface area contributed by atoms with Crippen LogP contribution in [0.25, 0.3) is 0 Å². The number of thiazole rings is 1. The summed E-state index contributed by atoms with van der Waals surface area (Å²) in [6.45, 7) is 2.80. The average Bonchev–Trinajstić information content (AvgIpc) is 2.70. The predicted molar refractivity (Wildman–Crippen MR) is 64.5 cm³/mol. The van der Waals surface area contributed by atoms with Crippen molar-refractivity contribution in [2.24, 2.45) is 11.7 Å². The molecule has 7 heteroatoms. The zero-order valence-corrected chi connectivity index (χ0v) is 11.1. The Kier molecular flexibility index (Phi) is 5.55. The lowest BCUT2D eigenvalue weighted by molar-refractivity contribution is -0.173. The first-order valence-corrected chi connectivity index (χ1v) is 6.52. The molecule has 0 spiro atoms. The van der Waals surface area contributed by atoms with Crippen LogP contribution in [0.5, 0.6) is 0 Å². The summed E-state index contributed by atoms with van der Waals surface area (Å²) in [4.78, 5) is 4.30. The lowest BCUT2D eigenvalue weighted by Gasteiger charge is -2.12. The van der Waals surface area contributed by atoms with Gasteiger partial charge in [0.25, 0.3) is 0 Å². The third-order valence-electron chi connectivity index (χ3n) is 2.36.